The summed E-state index contributed by atoms with van der Waals surface area (Å²) in [5, 5.41) is 9.59. The molecule has 17 heavy (non-hydrogen) atoms. The molecule has 2 fully saturated rings. The predicted octanol–water partition coefficient (Wildman–Crippen LogP) is -0.177. The number of hydrogen-bond donors (Lipinski definition) is 2. The Morgan fingerprint density at radius 2 is 1.88 bits per heavy atom. The Bertz CT molecular complexity index is 362. The molecule has 2 unspecified atom stereocenters. The topological polar surface area (TPSA) is 89.6 Å². The van der Waals surface area contributed by atoms with Crippen molar-refractivity contribution in [2.24, 2.45) is 5.73 Å². The third-order valence-corrected chi connectivity index (χ3v) is 5.39. The molecule has 1 saturated heterocycles. The number of aliphatic hydroxyl groups is 1. The van der Waals surface area contributed by atoms with Crippen molar-refractivity contribution in [1.82, 2.24) is 0 Å². The van der Waals surface area contributed by atoms with Gasteiger partial charge in [-0.15, -0.1) is 0 Å². The third-order valence-electron chi connectivity index (χ3n) is 3.71. The van der Waals surface area contributed by atoms with Crippen molar-refractivity contribution in [1.29, 1.82) is 0 Å². The second-order valence-electron chi connectivity index (χ2n) is 5.42. The van der Waals surface area contributed by atoms with Gasteiger partial charge in [0.25, 0.3) is 0 Å². The van der Waals surface area contributed by atoms with E-state index in [1.54, 1.807) is 0 Å². The molecule has 100 valence electrons. The van der Waals surface area contributed by atoms with Gasteiger partial charge in [-0.3, -0.25) is 0 Å². The zero-order valence-electron chi connectivity index (χ0n) is 9.97. The van der Waals surface area contributed by atoms with E-state index in [2.05, 4.69) is 0 Å². The summed E-state index contributed by atoms with van der Waals surface area (Å²) in [7, 11) is -3.13. The molecule has 2 aliphatic rings. The van der Waals surface area contributed by atoms with Crippen LogP contribution in [-0.2, 0) is 14.6 Å². The first-order chi connectivity index (χ1) is 7.90. The first-order valence-electron chi connectivity index (χ1n) is 6.19. The maximum atomic E-state index is 11.3. The van der Waals surface area contributed by atoms with Crippen LogP contribution in [0.3, 0.4) is 0 Å². The molecule has 0 aromatic heterocycles. The van der Waals surface area contributed by atoms with E-state index in [4.69, 9.17) is 10.5 Å². The molecule has 5 nitrogen and oxygen atoms in total. The molecule has 2 atom stereocenters. The molecule has 1 aliphatic carbocycles. The molecule has 0 spiro atoms. The van der Waals surface area contributed by atoms with Crippen molar-refractivity contribution in [2.45, 2.75) is 49.9 Å². The molecule has 1 aliphatic heterocycles. The molecular formula is C11H21NO4S. The van der Waals surface area contributed by atoms with E-state index >= 15 is 0 Å². The van der Waals surface area contributed by atoms with Crippen molar-refractivity contribution in [3.05, 3.63) is 0 Å². The van der Waals surface area contributed by atoms with Gasteiger partial charge in [-0.2, -0.15) is 0 Å². The summed E-state index contributed by atoms with van der Waals surface area (Å²) >= 11 is 0. The lowest BCUT2D eigenvalue weighted by atomic mass is 9.83. The molecule has 0 aromatic carbocycles. The van der Waals surface area contributed by atoms with E-state index in [0.29, 0.717) is 6.61 Å². The lowest BCUT2D eigenvalue weighted by molar-refractivity contribution is -0.0332. The maximum Gasteiger partial charge on any atom is 0.155 e. The number of nitrogens with two attached hydrogens (primary N) is 1. The van der Waals surface area contributed by atoms with Crippen LogP contribution in [0.15, 0.2) is 0 Å². The second-order valence-corrected chi connectivity index (χ2v) is 7.57. The summed E-state index contributed by atoms with van der Waals surface area (Å²) in [6.45, 7) is 0.351. The van der Waals surface area contributed by atoms with E-state index in [1.165, 1.54) is 6.42 Å². The van der Waals surface area contributed by atoms with Crippen LogP contribution in [0.5, 0.6) is 0 Å². The highest BCUT2D eigenvalue weighted by atomic mass is 32.2. The molecule has 1 heterocycles. The fourth-order valence-corrected chi connectivity index (χ4v) is 4.32. The van der Waals surface area contributed by atoms with Crippen molar-refractivity contribution in [2.75, 3.05) is 18.1 Å². The first-order valence-corrected chi connectivity index (χ1v) is 8.01. The van der Waals surface area contributed by atoms with Gasteiger partial charge in [0.2, 0.25) is 0 Å². The molecule has 2 rings (SSSR count). The van der Waals surface area contributed by atoms with Gasteiger partial charge in [0.05, 0.1) is 30.3 Å². The molecule has 0 radical (unpaired) electrons. The highest BCUT2D eigenvalue weighted by Gasteiger charge is 2.39. The van der Waals surface area contributed by atoms with Crippen LogP contribution in [0.1, 0.15) is 32.1 Å². The van der Waals surface area contributed by atoms with Crippen LogP contribution in [0.25, 0.3) is 0 Å². The normalized spacial score (nSPS) is 35.9. The van der Waals surface area contributed by atoms with Gasteiger partial charge in [0.15, 0.2) is 9.84 Å². The summed E-state index contributed by atoms with van der Waals surface area (Å²) < 4.78 is 28.2. The van der Waals surface area contributed by atoms with Gasteiger partial charge in [-0.05, 0) is 12.8 Å². The SMILES string of the molecule is NC1(COC2CS(=O)(=O)CC2O)CCCCC1. The molecule has 1 saturated carbocycles. The number of sulfone groups is 1. The van der Waals surface area contributed by atoms with Crippen molar-refractivity contribution in [3.8, 4) is 0 Å². The lowest BCUT2D eigenvalue weighted by Gasteiger charge is -2.34. The standard InChI is InChI=1S/C11H21NO4S/c12-11(4-2-1-3-5-11)8-16-10-7-17(14,15)6-9(10)13/h9-10,13H,1-8,12H2. The quantitative estimate of drug-likeness (QED) is 0.737. The largest absolute Gasteiger partial charge is 0.389 e. The van der Waals surface area contributed by atoms with Crippen LogP contribution in [0.2, 0.25) is 0 Å². The van der Waals surface area contributed by atoms with E-state index in [9.17, 15) is 13.5 Å². The van der Waals surface area contributed by atoms with Crippen molar-refractivity contribution in [3.63, 3.8) is 0 Å². The number of ether oxygens (including phenoxy) is 1. The van der Waals surface area contributed by atoms with Gasteiger partial charge in [0.1, 0.15) is 0 Å². The minimum atomic E-state index is -3.13. The van der Waals surface area contributed by atoms with Crippen LogP contribution >= 0.6 is 0 Å². The summed E-state index contributed by atoms with van der Waals surface area (Å²) in [4.78, 5) is 0. The Labute approximate surface area is 102 Å². The van der Waals surface area contributed by atoms with Gasteiger partial charge in [-0.25, -0.2) is 8.42 Å². The zero-order chi connectivity index (χ0) is 12.5. The predicted molar refractivity (Wildman–Crippen MR) is 64.4 cm³/mol. The van der Waals surface area contributed by atoms with E-state index in [1.807, 2.05) is 0 Å². The minimum absolute atomic E-state index is 0.0791. The fraction of sp³-hybridized carbons (Fsp3) is 1.00. The average Bonchev–Trinajstić information content (AvgIpc) is 2.50. The second kappa shape index (κ2) is 4.84. The van der Waals surface area contributed by atoms with Crippen molar-refractivity contribution < 1.29 is 18.3 Å². The zero-order valence-corrected chi connectivity index (χ0v) is 10.8. The summed E-state index contributed by atoms with van der Waals surface area (Å²) in [5.74, 6) is -0.264. The van der Waals surface area contributed by atoms with E-state index in [-0.39, 0.29) is 17.0 Å². The first kappa shape index (κ1) is 13.3. The van der Waals surface area contributed by atoms with Crippen molar-refractivity contribution >= 4 is 9.84 Å². The van der Waals surface area contributed by atoms with Gasteiger partial charge >= 0.3 is 0 Å². The molecule has 0 amide bonds. The van der Waals surface area contributed by atoms with Crippen LogP contribution in [-0.4, -0.2) is 49.4 Å². The number of hydrogen-bond acceptors (Lipinski definition) is 5. The van der Waals surface area contributed by atoms with Gasteiger partial charge in [-0.1, -0.05) is 19.3 Å². The Balaban J connectivity index is 1.86. The van der Waals surface area contributed by atoms with E-state index in [0.717, 1.165) is 25.7 Å². The smallest absolute Gasteiger partial charge is 0.155 e. The number of rotatable bonds is 3. The number of aliphatic hydroxyl groups excluding tert-OH is 1. The third kappa shape index (κ3) is 3.40. The summed E-state index contributed by atoms with van der Waals surface area (Å²) in [5.41, 5.74) is 5.87. The Kier molecular flexibility index (Phi) is 3.77. The van der Waals surface area contributed by atoms with Crippen LogP contribution in [0.4, 0.5) is 0 Å². The summed E-state index contributed by atoms with van der Waals surface area (Å²) in [6.07, 6.45) is 3.76. The van der Waals surface area contributed by atoms with E-state index < -0.39 is 22.0 Å². The Morgan fingerprint density at radius 3 is 2.41 bits per heavy atom. The Hall–Kier alpha value is -0.170. The highest BCUT2D eigenvalue weighted by Crippen LogP contribution is 2.27. The average molecular weight is 263 g/mol. The van der Waals surface area contributed by atoms with Gasteiger partial charge < -0.3 is 15.6 Å². The monoisotopic (exact) mass is 263 g/mol. The summed E-state index contributed by atoms with van der Waals surface area (Å²) in [6, 6.07) is 0. The maximum absolute atomic E-state index is 11.3. The fourth-order valence-electron chi connectivity index (χ4n) is 2.63. The molecule has 3 N–H and O–H groups in total. The molecule has 6 heteroatoms. The Morgan fingerprint density at radius 1 is 1.24 bits per heavy atom. The minimum Gasteiger partial charge on any atom is -0.389 e. The van der Waals surface area contributed by atoms with Crippen LogP contribution in [0, 0.1) is 0 Å². The highest BCUT2D eigenvalue weighted by molar-refractivity contribution is 7.91. The molecular weight excluding hydrogens is 242 g/mol. The van der Waals surface area contributed by atoms with Crippen LogP contribution < -0.4 is 5.73 Å². The molecule has 0 aromatic rings. The molecule has 0 bridgehead atoms. The lowest BCUT2D eigenvalue weighted by Crippen LogP contribution is -2.47. The van der Waals surface area contributed by atoms with Gasteiger partial charge in [0, 0.05) is 5.54 Å².